The number of methoxy groups -OCH3 is 1. The van der Waals surface area contributed by atoms with Crippen molar-refractivity contribution >= 4 is 0 Å². The highest BCUT2D eigenvalue weighted by molar-refractivity contribution is 5.28. The van der Waals surface area contributed by atoms with Gasteiger partial charge in [-0.1, -0.05) is 24.3 Å². The highest BCUT2D eigenvalue weighted by atomic mass is 16.5. The zero-order chi connectivity index (χ0) is 11.3. The van der Waals surface area contributed by atoms with Gasteiger partial charge in [-0.05, 0) is 38.1 Å². The molecule has 1 atom stereocenters. The second kappa shape index (κ2) is 5.56. The molecule has 1 unspecified atom stereocenters. The van der Waals surface area contributed by atoms with Crippen molar-refractivity contribution in [2.24, 2.45) is 0 Å². The quantitative estimate of drug-likeness (QED) is 0.745. The topological polar surface area (TPSA) is 21.3 Å². The minimum atomic E-state index is 0.346. The van der Waals surface area contributed by atoms with Gasteiger partial charge in [0.15, 0.2) is 0 Å². The van der Waals surface area contributed by atoms with Crippen molar-refractivity contribution < 1.29 is 4.74 Å². The summed E-state index contributed by atoms with van der Waals surface area (Å²) < 4.78 is 5.11. The normalized spacial score (nSPS) is 12.2. The summed E-state index contributed by atoms with van der Waals surface area (Å²) in [5.74, 6) is 0.898. The third kappa shape index (κ3) is 3.40. The Labute approximate surface area is 92.0 Å². The van der Waals surface area contributed by atoms with Gasteiger partial charge in [-0.15, -0.1) is 0 Å². The number of hydrogen-bond donors (Lipinski definition) is 1. The molecule has 1 aromatic carbocycles. The SMILES string of the molecule is C=C(C)C(Cc1ccc(OC)cc1)NC. The number of rotatable bonds is 5. The molecule has 1 aromatic rings. The Morgan fingerprint density at radius 3 is 2.40 bits per heavy atom. The molecule has 82 valence electrons. The van der Waals surface area contributed by atoms with Gasteiger partial charge in [-0.25, -0.2) is 0 Å². The highest BCUT2D eigenvalue weighted by Gasteiger charge is 2.07. The number of likely N-dealkylation sites (N-methyl/N-ethyl adjacent to an activating group) is 1. The predicted octanol–water partition coefficient (Wildman–Crippen LogP) is 2.40. The Bertz CT molecular complexity index is 316. The summed E-state index contributed by atoms with van der Waals surface area (Å²) in [4.78, 5) is 0. The van der Waals surface area contributed by atoms with E-state index in [9.17, 15) is 0 Å². The smallest absolute Gasteiger partial charge is 0.118 e. The molecular formula is C13H19NO. The number of hydrogen-bond acceptors (Lipinski definition) is 2. The van der Waals surface area contributed by atoms with E-state index in [4.69, 9.17) is 4.74 Å². The van der Waals surface area contributed by atoms with Crippen molar-refractivity contribution in [3.63, 3.8) is 0 Å². The van der Waals surface area contributed by atoms with E-state index in [0.717, 1.165) is 17.7 Å². The van der Waals surface area contributed by atoms with Crippen molar-refractivity contribution in [3.05, 3.63) is 42.0 Å². The van der Waals surface area contributed by atoms with Crippen LogP contribution in [0.4, 0.5) is 0 Å². The molecule has 0 aliphatic rings. The molecule has 0 aliphatic heterocycles. The van der Waals surface area contributed by atoms with Crippen LogP contribution in [-0.4, -0.2) is 20.2 Å². The van der Waals surface area contributed by atoms with Crippen LogP contribution in [0.3, 0.4) is 0 Å². The lowest BCUT2D eigenvalue weighted by atomic mass is 10.0. The van der Waals surface area contributed by atoms with E-state index in [2.05, 4.69) is 24.0 Å². The van der Waals surface area contributed by atoms with Crippen LogP contribution >= 0.6 is 0 Å². The molecule has 0 saturated carbocycles. The summed E-state index contributed by atoms with van der Waals surface area (Å²) in [7, 11) is 3.64. The fraction of sp³-hybridized carbons (Fsp3) is 0.385. The summed E-state index contributed by atoms with van der Waals surface area (Å²) in [6.45, 7) is 6.02. The summed E-state index contributed by atoms with van der Waals surface area (Å²) in [6, 6.07) is 8.50. The average Bonchev–Trinajstić information content (AvgIpc) is 2.26. The highest BCUT2D eigenvalue weighted by Crippen LogP contribution is 2.14. The third-order valence-electron chi connectivity index (χ3n) is 2.54. The van der Waals surface area contributed by atoms with Gasteiger partial charge in [0.05, 0.1) is 7.11 Å². The van der Waals surface area contributed by atoms with Crippen LogP contribution in [0.25, 0.3) is 0 Å². The van der Waals surface area contributed by atoms with Gasteiger partial charge < -0.3 is 10.1 Å². The zero-order valence-corrected chi connectivity index (χ0v) is 9.71. The van der Waals surface area contributed by atoms with Crippen LogP contribution < -0.4 is 10.1 Å². The van der Waals surface area contributed by atoms with Crippen molar-refractivity contribution in [1.29, 1.82) is 0 Å². The Morgan fingerprint density at radius 2 is 2.00 bits per heavy atom. The van der Waals surface area contributed by atoms with Crippen LogP contribution in [0.15, 0.2) is 36.4 Å². The fourth-order valence-electron chi connectivity index (χ4n) is 1.52. The maximum atomic E-state index is 5.11. The molecule has 2 nitrogen and oxygen atoms in total. The molecule has 1 N–H and O–H groups in total. The third-order valence-corrected chi connectivity index (χ3v) is 2.54. The van der Waals surface area contributed by atoms with Crippen molar-refractivity contribution in [1.82, 2.24) is 5.32 Å². The molecule has 2 heteroatoms. The second-order valence-corrected chi connectivity index (χ2v) is 3.74. The maximum Gasteiger partial charge on any atom is 0.118 e. The van der Waals surface area contributed by atoms with E-state index in [1.165, 1.54) is 5.56 Å². The van der Waals surface area contributed by atoms with E-state index in [0.29, 0.717) is 6.04 Å². The first-order valence-corrected chi connectivity index (χ1v) is 5.13. The molecule has 0 heterocycles. The van der Waals surface area contributed by atoms with Crippen molar-refractivity contribution in [2.45, 2.75) is 19.4 Å². The van der Waals surface area contributed by atoms with Gasteiger partial charge >= 0.3 is 0 Å². The maximum absolute atomic E-state index is 5.11. The molecular weight excluding hydrogens is 186 g/mol. The summed E-state index contributed by atoms with van der Waals surface area (Å²) in [5.41, 5.74) is 2.45. The van der Waals surface area contributed by atoms with E-state index in [1.54, 1.807) is 7.11 Å². The molecule has 0 bridgehead atoms. The van der Waals surface area contributed by atoms with E-state index in [-0.39, 0.29) is 0 Å². The second-order valence-electron chi connectivity index (χ2n) is 3.74. The molecule has 0 aliphatic carbocycles. The van der Waals surface area contributed by atoms with Crippen LogP contribution in [0.2, 0.25) is 0 Å². The average molecular weight is 205 g/mol. The minimum Gasteiger partial charge on any atom is -0.497 e. The summed E-state index contributed by atoms with van der Waals surface area (Å²) >= 11 is 0. The zero-order valence-electron chi connectivity index (χ0n) is 9.71. The van der Waals surface area contributed by atoms with Gasteiger partial charge in [0, 0.05) is 6.04 Å². The first kappa shape index (κ1) is 11.8. The van der Waals surface area contributed by atoms with Gasteiger partial charge in [-0.3, -0.25) is 0 Å². The molecule has 0 spiro atoms. The van der Waals surface area contributed by atoms with Crippen molar-refractivity contribution in [3.8, 4) is 5.75 Å². The Hall–Kier alpha value is -1.28. The number of benzene rings is 1. The molecule has 0 saturated heterocycles. The lowest BCUT2D eigenvalue weighted by Gasteiger charge is -2.16. The van der Waals surface area contributed by atoms with Crippen LogP contribution in [0, 0.1) is 0 Å². The Balaban J connectivity index is 2.67. The predicted molar refractivity (Wildman–Crippen MR) is 64.4 cm³/mol. The first-order valence-electron chi connectivity index (χ1n) is 5.13. The Morgan fingerprint density at radius 1 is 1.40 bits per heavy atom. The Kier molecular flexibility index (Phi) is 4.37. The van der Waals surface area contributed by atoms with Gasteiger partial charge in [-0.2, -0.15) is 0 Å². The fourth-order valence-corrected chi connectivity index (χ4v) is 1.52. The van der Waals surface area contributed by atoms with Crippen LogP contribution in [-0.2, 0) is 6.42 Å². The molecule has 0 fully saturated rings. The van der Waals surface area contributed by atoms with Gasteiger partial charge in [0.1, 0.15) is 5.75 Å². The molecule has 0 aromatic heterocycles. The standard InChI is InChI=1S/C13H19NO/c1-10(2)13(14-3)9-11-5-7-12(15-4)8-6-11/h5-8,13-14H,1,9H2,2-4H3. The summed E-state index contributed by atoms with van der Waals surface area (Å²) in [5, 5.41) is 3.25. The van der Waals surface area contributed by atoms with Gasteiger partial charge in [0.2, 0.25) is 0 Å². The molecule has 15 heavy (non-hydrogen) atoms. The molecule has 0 radical (unpaired) electrons. The number of ether oxygens (including phenoxy) is 1. The lowest BCUT2D eigenvalue weighted by Crippen LogP contribution is -2.28. The van der Waals surface area contributed by atoms with Gasteiger partial charge in [0.25, 0.3) is 0 Å². The monoisotopic (exact) mass is 205 g/mol. The van der Waals surface area contributed by atoms with E-state index in [1.807, 2.05) is 26.1 Å². The van der Waals surface area contributed by atoms with Crippen molar-refractivity contribution in [2.75, 3.05) is 14.2 Å². The minimum absolute atomic E-state index is 0.346. The largest absolute Gasteiger partial charge is 0.497 e. The van der Waals surface area contributed by atoms with Crippen LogP contribution in [0.1, 0.15) is 12.5 Å². The van der Waals surface area contributed by atoms with E-state index < -0.39 is 0 Å². The first-order chi connectivity index (χ1) is 7.17. The molecule has 1 rings (SSSR count). The van der Waals surface area contributed by atoms with E-state index >= 15 is 0 Å². The summed E-state index contributed by atoms with van der Waals surface area (Å²) in [6.07, 6.45) is 0.968. The lowest BCUT2D eigenvalue weighted by molar-refractivity contribution is 0.414. The number of nitrogens with one attached hydrogen (secondary N) is 1. The van der Waals surface area contributed by atoms with Crippen LogP contribution in [0.5, 0.6) is 5.75 Å². The molecule has 0 amide bonds.